The van der Waals surface area contributed by atoms with Gasteiger partial charge in [0.15, 0.2) is 0 Å². The van der Waals surface area contributed by atoms with Crippen LogP contribution in [0.3, 0.4) is 0 Å². The zero-order chi connectivity index (χ0) is 10.8. The molecule has 15 heavy (non-hydrogen) atoms. The molecule has 3 aliphatic carbocycles. The molecule has 0 heteroatoms. The third-order valence-electron chi connectivity index (χ3n) is 6.36. The van der Waals surface area contributed by atoms with Gasteiger partial charge in [-0.05, 0) is 68.6 Å². The first-order valence-electron chi connectivity index (χ1n) is 6.68. The minimum Gasteiger partial charge on any atom is -0.0732 e. The summed E-state index contributed by atoms with van der Waals surface area (Å²) < 4.78 is 0. The maximum Gasteiger partial charge on any atom is -0.0000629 e. The number of hydrogen-bond donors (Lipinski definition) is 0. The van der Waals surface area contributed by atoms with Crippen molar-refractivity contribution >= 4 is 0 Å². The standard InChI is InChI=1S/C15H24/c1-10-5-8-15-12(3)11(2)9-14(15,4)7-6-13(10)15/h10,13H,5-9H2,1-4H3/t10-,13?,14+,15+/m1/s1. The van der Waals surface area contributed by atoms with E-state index in [9.17, 15) is 0 Å². The van der Waals surface area contributed by atoms with Crippen molar-refractivity contribution < 1.29 is 0 Å². The fourth-order valence-electron chi connectivity index (χ4n) is 5.57. The van der Waals surface area contributed by atoms with Gasteiger partial charge in [-0.1, -0.05) is 25.0 Å². The summed E-state index contributed by atoms with van der Waals surface area (Å²) in [6.07, 6.45) is 7.34. The normalized spacial score (nSPS) is 53.6. The molecule has 3 rings (SSSR count). The van der Waals surface area contributed by atoms with Crippen molar-refractivity contribution in [1.82, 2.24) is 0 Å². The Bertz CT molecular complexity index is 338. The van der Waals surface area contributed by atoms with E-state index in [-0.39, 0.29) is 0 Å². The topological polar surface area (TPSA) is 0 Å². The van der Waals surface area contributed by atoms with Gasteiger partial charge >= 0.3 is 0 Å². The molecule has 2 fully saturated rings. The summed E-state index contributed by atoms with van der Waals surface area (Å²) in [5.41, 5.74) is 4.78. The summed E-state index contributed by atoms with van der Waals surface area (Å²) in [5.74, 6) is 1.99. The van der Waals surface area contributed by atoms with Crippen LogP contribution in [-0.4, -0.2) is 0 Å². The molecule has 0 aliphatic heterocycles. The third-order valence-corrected chi connectivity index (χ3v) is 6.36. The summed E-state index contributed by atoms with van der Waals surface area (Å²) >= 11 is 0. The molecule has 0 aromatic heterocycles. The van der Waals surface area contributed by atoms with Crippen LogP contribution in [0.1, 0.15) is 59.8 Å². The van der Waals surface area contributed by atoms with Gasteiger partial charge in [0.25, 0.3) is 0 Å². The Kier molecular flexibility index (Phi) is 1.79. The molecule has 0 heterocycles. The molecule has 0 nitrogen and oxygen atoms in total. The molecule has 0 bridgehead atoms. The molecular weight excluding hydrogens is 180 g/mol. The number of hydrogen-bond acceptors (Lipinski definition) is 0. The van der Waals surface area contributed by atoms with Crippen LogP contribution in [0.4, 0.5) is 0 Å². The highest BCUT2D eigenvalue weighted by molar-refractivity contribution is 5.36. The van der Waals surface area contributed by atoms with E-state index in [1.165, 1.54) is 32.1 Å². The first kappa shape index (κ1) is 9.93. The average Bonchev–Trinajstić information content (AvgIpc) is 2.70. The second-order valence-corrected chi connectivity index (χ2v) is 6.78. The van der Waals surface area contributed by atoms with Crippen LogP contribution < -0.4 is 0 Å². The summed E-state index contributed by atoms with van der Waals surface area (Å²) in [5, 5.41) is 0. The second-order valence-electron chi connectivity index (χ2n) is 6.78. The Morgan fingerprint density at radius 2 is 1.87 bits per heavy atom. The Morgan fingerprint density at radius 3 is 2.60 bits per heavy atom. The maximum absolute atomic E-state index is 2.57. The van der Waals surface area contributed by atoms with E-state index in [0.29, 0.717) is 10.8 Å². The lowest BCUT2D eigenvalue weighted by atomic mass is 9.63. The van der Waals surface area contributed by atoms with Crippen molar-refractivity contribution in [3.63, 3.8) is 0 Å². The Morgan fingerprint density at radius 1 is 1.13 bits per heavy atom. The molecule has 0 radical (unpaired) electrons. The van der Waals surface area contributed by atoms with Crippen LogP contribution in [0.25, 0.3) is 0 Å². The molecule has 0 aromatic rings. The van der Waals surface area contributed by atoms with Crippen LogP contribution >= 0.6 is 0 Å². The van der Waals surface area contributed by atoms with Crippen molar-refractivity contribution in [2.45, 2.75) is 59.8 Å². The molecule has 3 aliphatic rings. The lowest BCUT2D eigenvalue weighted by Gasteiger charge is -2.41. The summed E-state index contributed by atoms with van der Waals surface area (Å²) in [4.78, 5) is 0. The quantitative estimate of drug-likeness (QED) is 0.507. The lowest BCUT2D eigenvalue weighted by Crippen LogP contribution is -2.34. The molecule has 1 unspecified atom stereocenters. The van der Waals surface area contributed by atoms with E-state index in [1.807, 2.05) is 0 Å². The Balaban J connectivity index is 2.14. The molecule has 0 aromatic carbocycles. The zero-order valence-corrected chi connectivity index (χ0v) is 10.7. The highest BCUT2D eigenvalue weighted by atomic mass is 14.7. The highest BCUT2D eigenvalue weighted by Crippen LogP contribution is 2.73. The third kappa shape index (κ3) is 0.905. The van der Waals surface area contributed by atoms with E-state index in [4.69, 9.17) is 0 Å². The Hall–Kier alpha value is -0.260. The Labute approximate surface area is 94.1 Å². The fourth-order valence-corrected chi connectivity index (χ4v) is 5.57. The molecule has 84 valence electrons. The van der Waals surface area contributed by atoms with E-state index >= 15 is 0 Å². The molecule has 0 amide bonds. The van der Waals surface area contributed by atoms with Crippen molar-refractivity contribution in [3.8, 4) is 0 Å². The zero-order valence-electron chi connectivity index (χ0n) is 10.7. The van der Waals surface area contributed by atoms with Gasteiger partial charge in [-0.15, -0.1) is 0 Å². The van der Waals surface area contributed by atoms with E-state index in [0.717, 1.165) is 11.8 Å². The van der Waals surface area contributed by atoms with Crippen LogP contribution in [0.2, 0.25) is 0 Å². The van der Waals surface area contributed by atoms with Crippen molar-refractivity contribution in [2.75, 3.05) is 0 Å². The number of allylic oxidation sites excluding steroid dienone is 2. The van der Waals surface area contributed by atoms with Gasteiger partial charge in [0.2, 0.25) is 0 Å². The van der Waals surface area contributed by atoms with Crippen LogP contribution in [0.15, 0.2) is 11.1 Å². The molecule has 4 atom stereocenters. The van der Waals surface area contributed by atoms with Gasteiger partial charge < -0.3 is 0 Å². The summed E-state index contributed by atoms with van der Waals surface area (Å²) in [7, 11) is 0. The largest absolute Gasteiger partial charge is 0.0732 e. The van der Waals surface area contributed by atoms with E-state index < -0.39 is 0 Å². The molecule has 1 spiro atoms. The summed E-state index contributed by atoms with van der Waals surface area (Å²) in [6, 6.07) is 0. The summed E-state index contributed by atoms with van der Waals surface area (Å²) in [6.45, 7) is 9.89. The van der Waals surface area contributed by atoms with E-state index in [1.54, 1.807) is 11.1 Å². The van der Waals surface area contributed by atoms with Crippen molar-refractivity contribution in [2.24, 2.45) is 22.7 Å². The SMILES string of the molecule is CC1=C(C)[C@@]23CC[C@@H](C)C2CC[C@@]3(C)C1. The maximum atomic E-state index is 2.57. The molecule has 0 N–H and O–H groups in total. The van der Waals surface area contributed by atoms with Gasteiger partial charge in [-0.3, -0.25) is 0 Å². The van der Waals surface area contributed by atoms with Crippen molar-refractivity contribution in [1.29, 1.82) is 0 Å². The minimum atomic E-state index is 0.635. The molecule has 0 saturated heterocycles. The fraction of sp³-hybridized carbons (Fsp3) is 0.867. The molecule has 2 saturated carbocycles. The van der Waals surface area contributed by atoms with Gasteiger partial charge in [0.05, 0.1) is 0 Å². The second kappa shape index (κ2) is 2.70. The van der Waals surface area contributed by atoms with Gasteiger partial charge in [0.1, 0.15) is 0 Å². The van der Waals surface area contributed by atoms with Crippen LogP contribution in [0.5, 0.6) is 0 Å². The monoisotopic (exact) mass is 204 g/mol. The highest BCUT2D eigenvalue weighted by Gasteiger charge is 2.64. The predicted octanol–water partition coefficient (Wildman–Crippen LogP) is 4.56. The molecular formula is C15H24. The predicted molar refractivity (Wildman–Crippen MR) is 64.7 cm³/mol. The van der Waals surface area contributed by atoms with Gasteiger partial charge in [-0.2, -0.15) is 0 Å². The van der Waals surface area contributed by atoms with E-state index in [2.05, 4.69) is 27.7 Å². The minimum absolute atomic E-state index is 0.635. The van der Waals surface area contributed by atoms with Gasteiger partial charge in [0, 0.05) is 0 Å². The smallest absolute Gasteiger partial charge is 0.0000629 e. The van der Waals surface area contributed by atoms with Crippen LogP contribution in [0, 0.1) is 22.7 Å². The number of rotatable bonds is 0. The van der Waals surface area contributed by atoms with Gasteiger partial charge in [-0.25, -0.2) is 0 Å². The first-order valence-corrected chi connectivity index (χ1v) is 6.68. The average molecular weight is 204 g/mol. The lowest BCUT2D eigenvalue weighted by molar-refractivity contribution is 0.125. The van der Waals surface area contributed by atoms with Crippen molar-refractivity contribution in [3.05, 3.63) is 11.1 Å². The van der Waals surface area contributed by atoms with Crippen LogP contribution in [-0.2, 0) is 0 Å². The first-order chi connectivity index (χ1) is 7.01.